The van der Waals surface area contributed by atoms with E-state index in [2.05, 4.69) is 46.2 Å². The van der Waals surface area contributed by atoms with E-state index in [1.165, 1.54) is 6.92 Å². The van der Waals surface area contributed by atoms with Gasteiger partial charge in [-0.25, -0.2) is 4.57 Å². The van der Waals surface area contributed by atoms with Crippen LogP contribution in [0.5, 0.6) is 11.5 Å². The van der Waals surface area contributed by atoms with E-state index in [0.717, 1.165) is 16.7 Å². The molecule has 5 N–H and O–H groups in total. The fourth-order valence-corrected chi connectivity index (χ4v) is 3.74. The minimum Gasteiger partial charge on any atom is -0.490 e. The fourth-order valence-electron chi connectivity index (χ4n) is 3.30. The molecule has 0 radical (unpaired) electrons. The Morgan fingerprint density at radius 2 is 1.64 bits per heavy atom. The number of rotatable bonds is 12. The zero-order valence-electron chi connectivity index (χ0n) is 20.2. The Hall–Kier alpha value is -3.20. The Morgan fingerprint density at radius 3 is 2.28 bits per heavy atom. The highest BCUT2D eigenvalue weighted by atomic mass is 31.2. The second-order valence-electron chi connectivity index (χ2n) is 8.39. The monoisotopic (exact) mass is 514 g/mol. The van der Waals surface area contributed by atoms with Crippen molar-refractivity contribution in [3.63, 3.8) is 0 Å². The van der Waals surface area contributed by atoms with Crippen LogP contribution in [0, 0.1) is 0 Å². The maximum Gasteiger partial charge on any atom is 0.469 e. The molecule has 0 spiro atoms. The first kappa shape index (κ1) is 27.4. The number of phosphoric ester groups is 1. The number of hydrogen-bond donors (Lipinski definition) is 4. The Morgan fingerprint density at radius 1 is 0.972 bits per heavy atom. The van der Waals surface area contributed by atoms with Crippen molar-refractivity contribution in [2.75, 3.05) is 25.1 Å². The van der Waals surface area contributed by atoms with Crippen molar-refractivity contribution in [1.82, 2.24) is 0 Å². The number of hydrogen-bond acceptors (Lipinski definition) is 6. The average molecular weight is 515 g/mol. The average Bonchev–Trinajstić information content (AvgIpc) is 2.85. The van der Waals surface area contributed by atoms with Gasteiger partial charge in [-0.2, -0.15) is 0 Å². The van der Waals surface area contributed by atoms with Crippen LogP contribution in [0.3, 0.4) is 0 Å². The summed E-state index contributed by atoms with van der Waals surface area (Å²) >= 11 is 0. The minimum atomic E-state index is -4.75. The van der Waals surface area contributed by atoms with Gasteiger partial charge >= 0.3 is 7.82 Å². The highest BCUT2D eigenvalue weighted by Crippen LogP contribution is 2.36. The van der Waals surface area contributed by atoms with Crippen LogP contribution in [-0.2, 0) is 20.3 Å². The van der Waals surface area contributed by atoms with Crippen LogP contribution in [0.25, 0.3) is 11.1 Å². The van der Waals surface area contributed by atoms with Crippen molar-refractivity contribution in [3.8, 4) is 22.6 Å². The van der Waals surface area contributed by atoms with Gasteiger partial charge in [-0.3, -0.25) is 9.32 Å². The van der Waals surface area contributed by atoms with Crippen molar-refractivity contribution >= 4 is 19.4 Å². The number of nitrogens with two attached hydrogens (primary N) is 1. The SMILES string of the molecule is CCOc1cc(NC(=O)[C@@](C)(N)COP(=O)(O)O)ccc1OCCc1ccc(-c2ccccc2)cc1. The molecule has 1 amide bonds. The lowest BCUT2D eigenvalue weighted by molar-refractivity contribution is -0.121. The molecule has 0 saturated heterocycles. The largest absolute Gasteiger partial charge is 0.490 e. The van der Waals surface area contributed by atoms with Gasteiger partial charge in [0, 0.05) is 18.2 Å². The maximum atomic E-state index is 12.5. The summed E-state index contributed by atoms with van der Waals surface area (Å²) in [6, 6.07) is 23.4. The Bertz CT molecular complexity index is 1190. The highest BCUT2D eigenvalue weighted by molar-refractivity contribution is 7.46. The van der Waals surface area contributed by atoms with Crippen molar-refractivity contribution < 1.29 is 33.1 Å². The van der Waals surface area contributed by atoms with E-state index in [-0.39, 0.29) is 0 Å². The molecule has 0 aliphatic heterocycles. The van der Waals surface area contributed by atoms with Crippen LogP contribution >= 0.6 is 7.82 Å². The normalized spacial score (nSPS) is 13.0. The number of ether oxygens (including phenoxy) is 2. The first-order valence-electron chi connectivity index (χ1n) is 11.4. The lowest BCUT2D eigenvalue weighted by Crippen LogP contribution is -2.52. The molecule has 0 aromatic heterocycles. The lowest BCUT2D eigenvalue weighted by atomic mass is 10.0. The summed E-state index contributed by atoms with van der Waals surface area (Å²) in [5.74, 6) is 0.294. The second-order valence-corrected chi connectivity index (χ2v) is 9.63. The van der Waals surface area contributed by atoms with E-state index in [4.69, 9.17) is 25.0 Å². The van der Waals surface area contributed by atoms with Crippen molar-refractivity contribution in [2.45, 2.75) is 25.8 Å². The molecule has 0 saturated carbocycles. The third kappa shape index (κ3) is 8.19. The second kappa shape index (κ2) is 12.2. The van der Waals surface area contributed by atoms with Gasteiger partial charge in [-0.15, -0.1) is 0 Å². The van der Waals surface area contributed by atoms with Gasteiger partial charge in [-0.1, -0.05) is 54.6 Å². The summed E-state index contributed by atoms with van der Waals surface area (Å²) in [6.45, 7) is 3.30. The van der Waals surface area contributed by atoms with Crippen LogP contribution in [0.15, 0.2) is 72.8 Å². The van der Waals surface area contributed by atoms with Crippen LogP contribution in [-0.4, -0.2) is 41.1 Å². The van der Waals surface area contributed by atoms with E-state index in [0.29, 0.717) is 36.8 Å². The van der Waals surface area contributed by atoms with Gasteiger partial charge < -0.3 is 30.3 Å². The van der Waals surface area contributed by atoms with Gasteiger partial charge in [0.1, 0.15) is 5.54 Å². The molecule has 9 nitrogen and oxygen atoms in total. The molecule has 1 atom stereocenters. The molecule has 0 aliphatic carbocycles. The number of benzene rings is 3. The fraction of sp³-hybridized carbons (Fsp3) is 0.269. The van der Waals surface area contributed by atoms with Crippen LogP contribution < -0.4 is 20.5 Å². The van der Waals surface area contributed by atoms with Gasteiger partial charge in [0.2, 0.25) is 5.91 Å². The molecule has 192 valence electrons. The van der Waals surface area contributed by atoms with E-state index in [1.807, 2.05) is 25.1 Å². The third-order valence-electron chi connectivity index (χ3n) is 5.26. The predicted octanol–water partition coefficient (Wildman–Crippen LogP) is 4.14. The summed E-state index contributed by atoms with van der Waals surface area (Å²) in [5, 5.41) is 2.61. The van der Waals surface area contributed by atoms with Gasteiger partial charge in [0.05, 0.1) is 19.8 Å². The Balaban J connectivity index is 1.59. The molecular formula is C26H31N2O7P. The zero-order valence-corrected chi connectivity index (χ0v) is 21.1. The number of carbonyl (C=O) groups excluding carboxylic acids is 1. The first-order chi connectivity index (χ1) is 17.1. The lowest BCUT2D eigenvalue weighted by Gasteiger charge is -2.23. The highest BCUT2D eigenvalue weighted by Gasteiger charge is 2.32. The molecule has 3 rings (SSSR count). The van der Waals surface area contributed by atoms with E-state index in [1.54, 1.807) is 18.2 Å². The summed E-state index contributed by atoms with van der Waals surface area (Å²) < 4.78 is 26.9. The van der Waals surface area contributed by atoms with E-state index in [9.17, 15) is 9.36 Å². The molecule has 0 fully saturated rings. The summed E-state index contributed by atoms with van der Waals surface area (Å²) in [5.41, 5.74) is 8.04. The minimum absolute atomic E-state index is 0.388. The summed E-state index contributed by atoms with van der Waals surface area (Å²) in [7, 11) is -4.75. The molecule has 0 aliphatic rings. The number of amides is 1. The third-order valence-corrected chi connectivity index (χ3v) is 5.73. The van der Waals surface area contributed by atoms with Crippen molar-refractivity contribution in [1.29, 1.82) is 0 Å². The molecule has 36 heavy (non-hydrogen) atoms. The number of nitrogens with one attached hydrogen (secondary N) is 1. The van der Waals surface area contributed by atoms with Crippen molar-refractivity contribution in [3.05, 3.63) is 78.4 Å². The standard InChI is InChI=1S/C26H31N2O7P/c1-3-33-24-17-22(28-25(29)26(2,27)18-35-36(30,31)32)13-14-23(24)34-16-15-19-9-11-21(12-10-19)20-7-5-4-6-8-20/h4-14,17H,3,15-16,18,27H2,1-2H3,(H,28,29)(H2,30,31,32)/t26-/m0/s1. The van der Waals surface area contributed by atoms with Crippen molar-refractivity contribution in [2.24, 2.45) is 5.73 Å². The summed E-state index contributed by atoms with van der Waals surface area (Å²) in [4.78, 5) is 30.2. The smallest absolute Gasteiger partial charge is 0.469 e. The summed E-state index contributed by atoms with van der Waals surface area (Å²) in [6.07, 6.45) is 0.699. The number of phosphoric acid groups is 1. The van der Waals surface area contributed by atoms with E-state index >= 15 is 0 Å². The molecule has 0 unspecified atom stereocenters. The van der Waals surface area contributed by atoms with Gasteiger partial charge in [0.25, 0.3) is 0 Å². The zero-order chi connectivity index (χ0) is 26.2. The Labute approximate surface area is 210 Å². The van der Waals surface area contributed by atoms with Gasteiger partial charge in [0.15, 0.2) is 11.5 Å². The molecule has 0 bridgehead atoms. The quantitative estimate of drug-likeness (QED) is 0.265. The molecule has 3 aromatic carbocycles. The maximum absolute atomic E-state index is 12.5. The topological polar surface area (TPSA) is 140 Å². The van der Waals surface area contributed by atoms with Gasteiger partial charge in [-0.05, 0) is 42.7 Å². The van der Waals surface area contributed by atoms with Crippen LogP contribution in [0.2, 0.25) is 0 Å². The molecule has 0 heterocycles. The van der Waals surface area contributed by atoms with E-state index < -0.39 is 25.9 Å². The number of carbonyl (C=O) groups is 1. The Kier molecular flexibility index (Phi) is 9.25. The molecular weight excluding hydrogens is 483 g/mol. The first-order valence-corrected chi connectivity index (χ1v) is 12.9. The molecule has 10 heteroatoms. The van der Waals surface area contributed by atoms with Crippen LogP contribution in [0.4, 0.5) is 5.69 Å². The molecule has 3 aromatic rings. The number of anilines is 1. The van der Waals surface area contributed by atoms with Crippen LogP contribution in [0.1, 0.15) is 19.4 Å². The predicted molar refractivity (Wildman–Crippen MR) is 138 cm³/mol.